The molecule has 2 bridgehead atoms. The van der Waals surface area contributed by atoms with Crippen LogP contribution < -0.4 is 15.0 Å². The van der Waals surface area contributed by atoms with E-state index in [1.165, 1.54) is 0 Å². The maximum atomic E-state index is 13.7. The summed E-state index contributed by atoms with van der Waals surface area (Å²) >= 11 is 0. The molecule has 4 heterocycles. The zero-order valence-corrected chi connectivity index (χ0v) is 17.3. The molecule has 2 aromatic heterocycles. The molecule has 32 heavy (non-hydrogen) atoms. The standard InChI is InChI=1S/C22H22F2N6O2/c23-22(24)8-10-29(13-22)15-6-7-18-16(12-15)21(31)27-19-5-3-4-17(26-19)20-28-25-14-30(20)9-1-2-11-32-18/h3-7,12,14H,1-2,8-11,13H2,(H,26,27,31). The average molecular weight is 440 g/mol. The second kappa shape index (κ2) is 8.18. The number of ether oxygens (including phenoxy) is 1. The Balaban J connectivity index is 1.49. The third-order valence-electron chi connectivity index (χ3n) is 5.63. The van der Waals surface area contributed by atoms with Gasteiger partial charge in [-0.1, -0.05) is 6.07 Å². The minimum atomic E-state index is -2.73. The van der Waals surface area contributed by atoms with Crippen LogP contribution in [-0.2, 0) is 6.54 Å². The van der Waals surface area contributed by atoms with E-state index in [1.807, 2.05) is 10.6 Å². The van der Waals surface area contributed by atoms with Crippen LogP contribution in [0.5, 0.6) is 5.75 Å². The first kappa shape index (κ1) is 20.3. The summed E-state index contributed by atoms with van der Waals surface area (Å²) in [6.45, 7) is 0.998. The number of aryl methyl sites for hydroxylation is 1. The lowest BCUT2D eigenvalue weighted by Gasteiger charge is -2.20. The highest BCUT2D eigenvalue weighted by atomic mass is 19.3. The van der Waals surface area contributed by atoms with E-state index < -0.39 is 11.8 Å². The third kappa shape index (κ3) is 4.12. The molecule has 0 aliphatic carbocycles. The molecule has 0 atom stereocenters. The molecule has 0 saturated carbocycles. The smallest absolute Gasteiger partial charge is 0.266 e. The fraction of sp³-hybridized carbons (Fsp3) is 0.364. The Morgan fingerprint density at radius 2 is 2.03 bits per heavy atom. The van der Waals surface area contributed by atoms with E-state index in [4.69, 9.17) is 4.74 Å². The summed E-state index contributed by atoms with van der Waals surface area (Å²) in [6.07, 6.45) is 3.04. The highest BCUT2D eigenvalue weighted by Gasteiger charge is 2.38. The Bertz CT molecular complexity index is 1150. The lowest BCUT2D eigenvalue weighted by atomic mass is 10.1. The van der Waals surface area contributed by atoms with Gasteiger partial charge < -0.3 is 19.5 Å². The SMILES string of the molecule is O=C1Nc2cccc(n2)-c2nncn2CCCCOc2ccc(N3CCC(F)(F)C3)cc21. The van der Waals surface area contributed by atoms with E-state index in [9.17, 15) is 13.6 Å². The number of nitrogens with zero attached hydrogens (tertiary/aromatic N) is 5. The number of benzene rings is 1. The van der Waals surface area contributed by atoms with E-state index in [0.717, 1.165) is 12.8 Å². The van der Waals surface area contributed by atoms with Gasteiger partial charge in [0.1, 0.15) is 23.6 Å². The third-order valence-corrected chi connectivity index (χ3v) is 5.63. The number of carbonyl (C=O) groups is 1. The van der Waals surface area contributed by atoms with Gasteiger partial charge in [0.25, 0.3) is 11.8 Å². The van der Waals surface area contributed by atoms with E-state index >= 15 is 0 Å². The van der Waals surface area contributed by atoms with Gasteiger partial charge in [0.2, 0.25) is 0 Å². The van der Waals surface area contributed by atoms with Crippen LogP contribution in [0, 0.1) is 0 Å². The number of amides is 1. The molecule has 10 heteroatoms. The van der Waals surface area contributed by atoms with Crippen molar-refractivity contribution in [1.29, 1.82) is 0 Å². The van der Waals surface area contributed by atoms with Crippen molar-refractivity contribution in [2.75, 3.05) is 29.9 Å². The van der Waals surface area contributed by atoms with Gasteiger partial charge in [0.05, 0.1) is 18.7 Å². The van der Waals surface area contributed by atoms with Crippen molar-refractivity contribution in [1.82, 2.24) is 19.7 Å². The monoisotopic (exact) mass is 440 g/mol. The summed E-state index contributed by atoms with van der Waals surface area (Å²) in [6, 6.07) is 10.3. The number of hydrogen-bond donors (Lipinski definition) is 1. The predicted molar refractivity (Wildman–Crippen MR) is 114 cm³/mol. The number of pyridine rings is 1. The number of alkyl halides is 2. The normalized spacial score (nSPS) is 18.2. The number of anilines is 2. The fourth-order valence-corrected chi connectivity index (χ4v) is 3.97. The zero-order chi connectivity index (χ0) is 22.1. The summed E-state index contributed by atoms with van der Waals surface area (Å²) in [4.78, 5) is 19.2. The number of carbonyl (C=O) groups excluding carboxylic acids is 1. The van der Waals surface area contributed by atoms with Crippen LogP contribution in [0.15, 0.2) is 42.7 Å². The van der Waals surface area contributed by atoms with Crippen LogP contribution in [-0.4, -0.2) is 51.3 Å². The Labute approximate surface area is 183 Å². The lowest BCUT2D eigenvalue weighted by Crippen LogP contribution is -2.25. The van der Waals surface area contributed by atoms with E-state index in [2.05, 4.69) is 20.5 Å². The Hall–Kier alpha value is -3.56. The zero-order valence-electron chi connectivity index (χ0n) is 17.3. The van der Waals surface area contributed by atoms with Crippen LogP contribution in [0.25, 0.3) is 11.5 Å². The van der Waals surface area contributed by atoms with Crippen LogP contribution in [0.3, 0.4) is 0 Å². The summed E-state index contributed by atoms with van der Waals surface area (Å²) in [5.74, 6) is -1.76. The van der Waals surface area contributed by atoms with E-state index in [0.29, 0.717) is 41.9 Å². The molecule has 2 aliphatic heterocycles. The van der Waals surface area contributed by atoms with Crippen LogP contribution in [0.2, 0.25) is 0 Å². The molecule has 8 nitrogen and oxygen atoms in total. The second-order valence-corrected chi connectivity index (χ2v) is 7.97. The molecule has 1 fully saturated rings. The van der Waals surface area contributed by atoms with Gasteiger partial charge in [-0.2, -0.15) is 0 Å². The molecule has 3 aromatic rings. The minimum Gasteiger partial charge on any atom is -0.493 e. The van der Waals surface area contributed by atoms with Crippen LogP contribution in [0.1, 0.15) is 29.6 Å². The van der Waals surface area contributed by atoms with E-state index in [1.54, 1.807) is 41.6 Å². The number of rotatable bonds is 1. The maximum Gasteiger partial charge on any atom is 0.266 e. The number of fused-ring (bicyclic) bond motifs is 5. The Morgan fingerprint density at radius 3 is 2.88 bits per heavy atom. The highest BCUT2D eigenvalue weighted by Crippen LogP contribution is 2.33. The van der Waals surface area contributed by atoms with Crippen molar-refractivity contribution >= 4 is 17.4 Å². The van der Waals surface area contributed by atoms with Gasteiger partial charge >= 0.3 is 0 Å². The fourth-order valence-electron chi connectivity index (χ4n) is 3.97. The molecule has 166 valence electrons. The molecule has 1 amide bonds. The molecular formula is C22H22F2N6O2. The Morgan fingerprint density at radius 1 is 1.12 bits per heavy atom. The van der Waals surface area contributed by atoms with Gasteiger partial charge in [-0.3, -0.25) is 4.79 Å². The van der Waals surface area contributed by atoms with Crippen molar-refractivity contribution in [2.24, 2.45) is 0 Å². The van der Waals surface area contributed by atoms with Gasteiger partial charge in [-0.25, -0.2) is 13.8 Å². The number of halogens is 2. The molecule has 1 N–H and O–H groups in total. The summed E-state index contributed by atoms with van der Waals surface area (Å²) < 4.78 is 35.2. The first-order valence-electron chi connectivity index (χ1n) is 10.5. The molecule has 2 aliphatic rings. The largest absolute Gasteiger partial charge is 0.493 e. The number of hydrogen-bond acceptors (Lipinski definition) is 6. The second-order valence-electron chi connectivity index (χ2n) is 7.97. The first-order valence-corrected chi connectivity index (χ1v) is 10.5. The number of nitrogens with one attached hydrogen (secondary N) is 1. The molecule has 0 unspecified atom stereocenters. The van der Waals surface area contributed by atoms with Crippen molar-refractivity contribution in [3.8, 4) is 17.3 Å². The molecule has 5 rings (SSSR count). The molecule has 1 saturated heterocycles. The summed E-state index contributed by atoms with van der Waals surface area (Å²) in [7, 11) is 0. The van der Waals surface area contributed by atoms with Crippen molar-refractivity contribution in [3.05, 3.63) is 48.3 Å². The molecule has 0 radical (unpaired) electrons. The van der Waals surface area contributed by atoms with Gasteiger partial charge in [0, 0.05) is 25.2 Å². The highest BCUT2D eigenvalue weighted by molar-refractivity contribution is 6.06. The lowest BCUT2D eigenvalue weighted by molar-refractivity contribution is 0.0257. The topological polar surface area (TPSA) is 85.2 Å². The Kier molecular flexibility index (Phi) is 5.20. The van der Waals surface area contributed by atoms with Gasteiger partial charge in [-0.15, -0.1) is 10.2 Å². The summed E-state index contributed by atoms with van der Waals surface area (Å²) in [5.41, 5.74) is 1.45. The minimum absolute atomic E-state index is 0.200. The maximum absolute atomic E-state index is 13.7. The summed E-state index contributed by atoms with van der Waals surface area (Å²) in [5, 5.41) is 10.9. The number of aromatic nitrogens is 4. The molecular weight excluding hydrogens is 418 g/mol. The average Bonchev–Trinajstić information content (AvgIpc) is 3.39. The predicted octanol–water partition coefficient (Wildman–Crippen LogP) is 3.61. The van der Waals surface area contributed by atoms with Gasteiger partial charge in [-0.05, 0) is 43.2 Å². The van der Waals surface area contributed by atoms with Gasteiger partial charge in [0.15, 0.2) is 5.82 Å². The van der Waals surface area contributed by atoms with Crippen LogP contribution >= 0.6 is 0 Å². The van der Waals surface area contributed by atoms with Crippen molar-refractivity contribution < 1.29 is 18.3 Å². The quantitative estimate of drug-likeness (QED) is 0.622. The molecule has 1 aromatic carbocycles. The van der Waals surface area contributed by atoms with E-state index in [-0.39, 0.29) is 25.1 Å². The molecule has 0 spiro atoms. The van der Waals surface area contributed by atoms with Crippen molar-refractivity contribution in [3.63, 3.8) is 0 Å². The van der Waals surface area contributed by atoms with Crippen LogP contribution in [0.4, 0.5) is 20.3 Å². The van der Waals surface area contributed by atoms with Crippen molar-refractivity contribution in [2.45, 2.75) is 31.7 Å². The first-order chi connectivity index (χ1) is 15.5.